The monoisotopic (exact) mass is 455 g/mol. The lowest BCUT2D eigenvalue weighted by molar-refractivity contribution is 0.0293. The van der Waals surface area contributed by atoms with Gasteiger partial charge < -0.3 is 15.2 Å². The third-order valence-electron chi connectivity index (χ3n) is 7.00. The molecule has 172 valence electrons. The minimum atomic E-state index is -0.567. The van der Waals surface area contributed by atoms with Crippen molar-refractivity contribution in [1.82, 2.24) is 15.1 Å². The third-order valence-corrected chi connectivity index (χ3v) is 8.24. The number of nitrogens with zero attached hydrogens (tertiary/aromatic N) is 2. The number of amides is 1. The quantitative estimate of drug-likeness (QED) is 0.701. The van der Waals surface area contributed by atoms with Gasteiger partial charge in [-0.05, 0) is 48.4 Å². The fourth-order valence-electron chi connectivity index (χ4n) is 5.20. The first-order valence-electron chi connectivity index (χ1n) is 11.8. The number of aliphatic hydroxyl groups excluding tert-OH is 1. The summed E-state index contributed by atoms with van der Waals surface area (Å²) in [4.78, 5) is 19.7. The fourth-order valence-corrected chi connectivity index (χ4v) is 6.28. The van der Waals surface area contributed by atoms with E-state index in [-0.39, 0.29) is 12.5 Å². The highest BCUT2D eigenvalue weighted by Crippen LogP contribution is 2.30. The van der Waals surface area contributed by atoms with Gasteiger partial charge in [0.05, 0.1) is 11.0 Å². The molecule has 1 fully saturated rings. The zero-order valence-corrected chi connectivity index (χ0v) is 19.4. The summed E-state index contributed by atoms with van der Waals surface area (Å²) in [5.41, 5.74) is 4.04. The number of rotatable bonds is 6. The van der Waals surface area contributed by atoms with Crippen molar-refractivity contribution in [3.05, 3.63) is 56.8 Å². The van der Waals surface area contributed by atoms with Crippen LogP contribution >= 0.6 is 11.3 Å². The van der Waals surface area contributed by atoms with Gasteiger partial charge in [0.2, 0.25) is 0 Å². The van der Waals surface area contributed by atoms with Gasteiger partial charge in [0.25, 0.3) is 5.91 Å². The average Bonchev–Trinajstić information content (AvgIpc) is 3.27. The van der Waals surface area contributed by atoms with Crippen LogP contribution in [0.15, 0.2) is 30.3 Å². The Kier molecular flexibility index (Phi) is 6.90. The van der Waals surface area contributed by atoms with E-state index in [1.807, 2.05) is 0 Å². The molecule has 1 aromatic carbocycles. The van der Waals surface area contributed by atoms with Crippen LogP contribution in [0.3, 0.4) is 0 Å². The van der Waals surface area contributed by atoms with Crippen LogP contribution < -0.4 is 5.32 Å². The van der Waals surface area contributed by atoms with E-state index < -0.39 is 6.10 Å². The second-order valence-electron chi connectivity index (χ2n) is 9.24. The maximum Gasteiger partial charge on any atom is 0.261 e. The molecule has 1 saturated heterocycles. The van der Waals surface area contributed by atoms with Gasteiger partial charge in [-0.25, -0.2) is 0 Å². The Labute approximate surface area is 194 Å². The lowest BCUT2D eigenvalue weighted by Gasteiger charge is -2.36. The molecule has 7 heteroatoms. The van der Waals surface area contributed by atoms with Crippen molar-refractivity contribution in [2.45, 2.75) is 50.9 Å². The number of aliphatic hydroxyl groups is 1. The highest BCUT2D eigenvalue weighted by atomic mass is 32.1. The zero-order chi connectivity index (χ0) is 21.9. The summed E-state index contributed by atoms with van der Waals surface area (Å²) in [6, 6.07) is 11.2. The summed E-state index contributed by atoms with van der Waals surface area (Å²) in [5.74, 6) is -0.0648. The predicted octanol–water partition coefficient (Wildman–Crippen LogP) is 2.43. The van der Waals surface area contributed by atoms with Gasteiger partial charge in [-0.2, -0.15) is 0 Å². The van der Waals surface area contributed by atoms with Crippen molar-refractivity contribution in [2.75, 3.05) is 39.4 Å². The highest BCUT2D eigenvalue weighted by Gasteiger charge is 2.27. The molecule has 32 heavy (non-hydrogen) atoms. The largest absolute Gasteiger partial charge is 0.390 e. The van der Waals surface area contributed by atoms with E-state index in [0.29, 0.717) is 12.6 Å². The number of carbonyl (C=O) groups is 1. The van der Waals surface area contributed by atoms with Gasteiger partial charge in [0.1, 0.15) is 0 Å². The van der Waals surface area contributed by atoms with Gasteiger partial charge in [0, 0.05) is 63.4 Å². The van der Waals surface area contributed by atoms with Crippen molar-refractivity contribution >= 4 is 17.2 Å². The van der Waals surface area contributed by atoms with Gasteiger partial charge in [-0.15, -0.1) is 11.3 Å². The molecule has 0 spiro atoms. The number of nitrogens with one attached hydrogen (secondary N) is 1. The molecular formula is C25H33N3O3S. The summed E-state index contributed by atoms with van der Waals surface area (Å²) in [6.45, 7) is 6.39. The number of thiophene rings is 1. The standard InChI is InChI=1S/C25H33N3O3S/c29-22(17-27-9-5-18-3-1-2-4-19(18)15-27)14-26-25(30)24-13-20-16-28(10-6-23(20)32-24)21-7-11-31-12-8-21/h1-4,13,21-22,29H,5-12,14-17H2,(H,26,30). The number of benzene rings is 1. The van der Waals surface area contributed by atoms with Crippen molar-refractivity contribution in [1.29, 1.82) is 0 Å². The normalized spacial score (nSPS) is 21.0. The molecule has 0 bridgehead atoms. The molecule has 3 aliphatic rings. The lowest BCUT2D eigenvalue weighted by Crippen LogP contribution is -2.42. The number of hydrogen-bond donors (Lipinski definition) is 2. The Morgan fingerprint density at radius 1 is 1.12 bits per heavy atom. The van der Waals surface area contributed by atoms with Crippen LogP contribution in [0.5, 0.6) is 0 Å². The predicted molar refractivity (Wildman–Crippen MR) is 126 cm³/mol. The first-order chi connectivity index (χ1) is 15.7. The molecule has 1 aromatic heterocycles. The number of β-amino-alcohol motifs (C(OH)–C–C–N with tert-alkyl or cyclic N) is 1. The molecule has 4 heterocycles. The molecule has 1 amide bonds. The summed E-state index contributed by atoms with van der Waals surface area (Å²) in [6.07, 6.45) is 3.67. The van der Waals surface area contributed by atoms with Crippen LogP contribution in [0.4, 0.5) is 0 Å². The summed E-state index contributed by atoms with van der Waals surface area (Å²) < 4.78 is 5.50. The van der Waals surface area contributed by atoms with Gasteiger partial charge in [-0.3, -0.25) is 14.6 Å². The molecule has 5 rings (SSSR count). The number of ether oxygens (including phenoxy) is 1. The van der Waals surface area contributed by atoms with E-state index in [4.69, 9.17) is 4.74 Å². The Hall–Kier alpha value is -1.77. The highest BCUT2D eigenvalue weighted by molar-refractivity contribution is 7.14. The molecule has 1 unspecified atom stereocenters. The summed E-state index contributed by atoms with van der Waals surface area (Å²) in [5, 5.41) is 13.5. The maximum atomic E-state index is 12.8. The Morgan fingerprint density at radius 2 is 1.94 bits per heavy atom. The minimum absolute atomic E-state index is 0.0648. The Morgan fingerprint density at radius 3 is 2.78 bits per heavy atom. The van der Waals surface area contributed by atoms with Crippen LogP contribution in [-0.4, -0.2) is 72.4 Å². The van der Waals surface area contributed by atoms with Crippen molar-refractivity contribution in [3.63, 3.8) is 0 Å². The van der Waals surface area contributed by atoms with Gasteiger partial charge >= 0.3 is 0 Å². The van der Waals surface area contributed by atoms with Crippen LogP contribution in [0.2, 0.25) is 0 Å². The number of carbonyl (C=O) groups excluding carboxylic acids is 1. The Balaban J connectivity index is 1.11. The van der Waals surface area contributed by atoms with E-state index >= 15 is 0 Å². The van der Waals surface area contributed by atoms with Crippen LogP contribution in [0, 0.1) is 0 Å². The molecule has 2 N–H and O–H groups in total. The zero-order valence-electron chi connectivity index (χ0n) is 18.6. The number of fused-ring (bicyclic) bond motifs is 2. The van der Waals surface area contributed by atoms with Gasteiger partial charge in [0.15, 0.2) is 0 Å². The Bertz CT molecular complexity index is 940. The van der Waals surface area contributed by atoms with E-state index in [2.05, 4.69) is 45.4 Å². The number of hydrogen-bond acceptors (Lipinski definition) is 6. The van der Waals surface area contributed by atoms with Gasteiger partial charge in [-0.1, -0.05) is 24.3 Å². The van der Waals surface area contributed by atoms with Crippen LogP contribution in [-0.2, 0) is 30.7 Å². The van der Waals surface area contributed by atoms with E-state index in [9.17, 15) is 9.90 Å². The van der Waals surface area contributed by atoms with Crippen LogP contribution in [0.1, 0.15) is 44.1 Å². The third kappa shape index (κ3) is 5.07. The molecule has 0 aliphatic carbocycles. The average molecular weight is 456 g/mol. The molecule has 3 aliphatic heterocycles. The second kappa shape index (κ2) is 10.0. The van der Waals surface area contributed by atoms with Crippen molar-refractivity contribution in [2.24, 2.45) is 0 Å². The molecular weight excluding hydrogens is 422 g/mol. The van der Waals surface area contributed by atoms with Crippen molar-refractivity contribution in [3.8, 4) is 0 Å². The molecule has 1 atom stereocenters. The minimum Gasteiger partial charge on any atom is -0.390 e. The first-order valence-corrected chi connectivity index (χ1v) is 12.7. The fraction of sp³-hybridized carbons (Fsp3) is 0.560. The molecule has 0 saturated carbocycles. The first kappa shape index (κ1) is 22.0. The summed E-state index contributed by atoms with van der Waals surface area (Å²) >= 11 is 1.62. The summed E-state index contributed by atoms with van der Waals surface area (Å²) in [7, 11) is 0. The topological polar surface area (TPSA) is 65.0 Å². The smallest absolute Gasteiger partial charge is 0.261 e. The molecule has 0 radical (unpaired) electrons. The van der Waals surface area contributed by atoms with Crippen LogP contribution in [0.25, 0.3) is 0 Å². The second-order valence-corrected chi connectivity index (χ2v) is 10.4. The maximum absolute atomic E-state index is 12.8. The van der Waals surface area contributed by atoms with E-state index in [0.717, 1.165) is 70.0 Å². The lowest BCUT2D eigenvalue weighted by atomic mass is 10.00. The van der Waals surface area contributed by atoms with E-state index in [1.54, 1.807) is 11.3 Å². The van der Waals surface area contributed by atoms with E-state index in [1.165, 1.54) is 21.6 Å². The molecule has 2 aromatic rings. The molecule has 6 nitrogen and oxygen atoms in total. The SMILES string of the molecule is O=C(NCC(O)CN1CCc2ccccc2C1)c1cc2c(s1)CCN(C1CCOCC1)C2. The van der Waals surface area contributed by atoms with Crippen molar-refractivity contribution < 1.29 is 14.6 Å².